The van der Waals surface area contributed by atoms with Crippen LogP contribution in [0.2, 0.25) is 5.02 Å². The number of esters is 1. The summed E-state index contributed by atoms with van der Waals surface area (Å²) in [6.07, 6.45) is 6.77. The van der Waals surface area contributed by atoms with Gasteiger partial charge in [0.25, 0.3) is 0 Å². The summed E-state index contributed by atoms with van der Waals surface area (Å²) >= 11 is 6.96. The molecule has 9 heteroatoms. The quantitative estimate of drug-likeness (QED) is 0.0622. The molecule has 0 radical (unpaired) electrons. The van der Waals surface area contributed by atoms with E-state index in [1.54, 1.807) is 38.5 Å². The Bertz CT molecular complexity index is 2880. The van der Waals surface area contributed by atoms with Crippen LogP contribution in [-0.4, -0.2) is 39.5 Å². The van der Waals surface area contributed by atoms with Gasteiger partial charge < -0.3 is 29.0 Å². The number of fused-ring (bicyclic) bond motifs is 3. The van der Waals surface area contributed by atoms with Crippen LogP contribution in [0.4, 0.5) is 4.79 Å². The first-order chi connectivity index (χ1) is 33.8. The van der Waals surface area contributed by atoms with Crippen LogP contribution in [0.1, 0.15) is 95.5 Å². The van der Waals surface area contributed by atoms with Crippen LogP contribution in [0.15, 0.2) is 188 Å². The highest BCUT2D eigenvalue weighted by Gasteiger charge is 2.42. The smallest absolute Gasteiger partial charge is 0.407 e. The van der Waals surface area contributed by atoms with Crippen LogP contribution < -0.4 is 19.5 Å². The Kier molecular flexibility index (Phi) is 15.7. The van der Waals surface area contributed by atoms with E-state index >= 15 is 0 Å². The fourth-order valence-corrected chi connectivity index (χ4v) is 9.44. The number of benzene rings is 7. The van der Waals surface area contributed by atoms with Crippen molar-refractivity contribution in [2.24, 2.45) is 0 Å². The van der Waals surface area contributed by atoms with Crippen molar-refractivity contribution in [1.29, 1.82) is 0 Å². The van der Waals surface area contributed by atoms with Crippen molar-refractivity contribution in [3.8, 4) is 28.4 Å². The molecular weight excluding hydrogens is 882 g/mol. The summed E-state index contributed by atoms with van der Waals surface area (Å²) in [4.78, 5) is 28.0. The molecule has 3 unspecified atom stereocenters. The van der Waals surface area contributed by atoms with Gasteiger partial charge in [-0.3, -0.25) is 0 Å². The number of carbonyl (C=O) groups is 2. The third-order valence-electron chi connectivity index (χ3n) is 12.4. The largest absolute Gasteiger partial charge is 0.497 e. The number of ether oxygens (including phenoxy) is 5. The van der Waals surface area contributed by atoms with E-state index in [9.17, 15) is 9.59 Å². The monoisotopic (exact) mass is 937 g/mol. The van der Waals surface area contributed by atoms with E-state index in [-0.39, 0.29) is 18.4 Å². The minimum Gasteiger partial charge on any atom is -0.497 e. The van der Waals surface area contributed by atoms with Crippen molar-refractivity contribution in [3.63, 3.8) is 0 Å². The Morgan fingerprint density at radius 3 is 1.99 bits per heavy atom. The van der Waals surface area contributed by atoms with Gasteiger partial charge in [0, 0.05) is 45.2 Å². The molecule has 0 aliphatic heterocycles. The third kappa shape index (κ3) is 10.6. The second-order valence-corrected chi connectivity index (χ2v) is 17.3. The zero-order valence-corrected chi connectivity index (χ0v) is 40.1. The first-order valence-electron chi connectivity index (χ1n) is 23.4. The molecule has 9 rings (SSSR count). The number of halogens is 1. The molecule has 1 amide bonds. The average Bonchev–Trinajstić information content (AvgIpc) is 3.72. The number of nitrogens with one attached hydrogen (secondary N) is 1. The molecule has 1 N–H and O–H groups in total. The van der Waals surface area contributed by atoms with Crippen LogP contribution in [-0.2, 0) is 19.9 Å². The zero-order valence-electron chi connectivity index (χ0n) is 39.3. The summed E-state index contributed by atoms with van der Waals surface area (Å²) < 4.78 is 30.0. The number of alkyl carbamates (subject to hydrolysis) is 1. The Labute approximate surface area is 410 Å². The molecule has 7 aromatic carbocycles. The van der Waals surface area contributed by atoms with Crippen LogP contribution in [0.3, 0.4) is 0 Å². The summed E-state index contributed by atoms with van der Waals surface area (Å²) in [7, 11) is 3.15. The van der Waals surface area contributed by atoms with Gasteiger partial charge in [-0.15, -0.1) is 5.73 Å². The van der Waals surface area contributed by atoms with Crippen LogP contribution >= 0.6 is 11.6 Å². The Balaban J connectivity index is 0.00000209. The van der Waals surface area contributed by atoms with E-state index in [2.05, 4.69) is 73.4 Å². The van der Waals surface area contributed by atoms with E-state index < -0.39 is 30.3 Å². The molecule has 2 aliphatic carbocycles. The Morgan fingerprint density at radius 2 is 1.35 bits per heavy atom. The first kappa shape index (κ1) is 48.0. The van der Waals surface area contributed by atoms with Gasteiger partial charge in [-0.1, -0.05) is 165 Å². The summed E-state index contributed by atoms with van der Waals surface area (Å²) in [6, 6.07) is 53.5. The minimum absolute atomic E-state index is 0.106. The van der Waals surface area contributed by atoms with Crippen molar-refractivity contribution >= 4 is 23.7 Å². The predicted molar refractivity (Wildman–Crippen MR) is 272 cm³/mol. The topological polar surface area (TPSA) is 92.3 Å². The number of hydrogen-bond acceptors (Lipinski definition) is 7. The normalized spacial score (nSPS) is 14.7. The highest BCUT2D eigenvalue weighted by molar-refractivity contribution is 6.31. The van der Waals surface area contributed by atoms with Crippen molar-refractivity contribution < 1.29 is 33.3 Å². The molecule has 2 aliphatic rings. The minimum atomic E-state index is -1.40. The van der Waals surface area contributed by atoms with Crippen molar-refractivity contribution in [2.75, 3.05) is 27.4 Å². The van der Waals surface area contributed by atoms with Gasteiger partial charge in [0.1, 0.15) is 23.9 Å². The molecule has 0 saturated carbocycles. The van der Waals surface area contributed by atoms with Crippen LogP contribution in [0.25, 0.3) is 11.1 Å². The molecule has 0 heterocycles. The lowest BCUT2D eigenvalue weighted by Gasteiger charge is -2.36. The Hall–Kier alpha value is -7.51. The fraction of sp³-hybridized carbons (Fsp3) is 0.217. The number of allylic oxidation sites excluding steroid dienone is 1. The second kappa shape index (κ2) is 22.5. The molecule has 350 valence electrons. The van der Waals surface area contributed by atoms with E-state index in [1.165, 1.54) is 6.42 Å². The van der Waals surface area contributed by atoms with Gasteiger partial charge >= 0.3 is 12.1 Å². The highest BCUT2D eigenvalue weighted by atomic mass is 35.5. The van der Waals surface area contributed by atoms with E-state index in [0.717, 1.165) is 51.8 Å². The maximum absolute atomic E-state index is 14.2. The first-order valence-corrected chi connectivity index (χ1v) is 23.8. The lowest BCUT2D eigenvalue weighted by atomic mass is 9.79. The molecule has 8 nitrogen and oxygen atoms in total. The van der Waals surface area contributed by atoms with Gasteiger partial charge in [0.2, 0.25) is 0 Å². The van der Waals surface area contributed by atoms with Crippen LogP contribution in [0, 0.1) is 0 Å². The maximum Gasteiger partial charge on any atom is 0.407 e. The third-order valence-corrected chi connectivity index (χ3v) is 12.7. The lowest BCUT2D eigenvalue weighted by molar-refractivity contribution is -0.155. The SMILES string of the molecule is CCC.COc1ccc(C(NC(=O)OCC2c3ccccc3-c3ccccc32)c2ccc(OCC(=O)OC(c3ccccc3)(c3ccc(C4C=C=CCC4)cc3)c3ccccc3Cl)cc2)c(OC)c1. The van der Waals surface area contributed by atoms with Gasteiger partial charge in [-0.25, -0.2) is 9.59 Å². The number of methoxy groups -OCH3 is 2. The molecule has 0 saturated heterocycles. The number of carbonyl (C=O) groups excluding carboxylic acids is 2. The molecule has 0 aromatic heterocycles. The van der Waals surface area contributed by atoms with E-state index in [1.807, 2.05) is 109 Å². The Morgan fingerprint density at radius 1 is 0.725 bits per heavy atom. The van der Waals surface area contributed by atoms with Gasteiger partial charge in [0.15, 0.2) is 12.2 Å². The molecule has 0 spiro atoms. The molecule has 0 fully saturated rings. The summed E-state index contributed by atoms with van der Waals surface area (Å²) in [6.45, 7) is 4.00. The van der Waals surface area contributed by atoms with E-state index in [4.69, 9.17) is 35.3 Å². The zero-order chi connectivity index (χ0) is 48.2. The highest BCUT2D eigenvalue weighted by Crippen LogP contribution is 2.46. The number of hydrogen-bond donors (Lipinski definition) is 1. The predicted octanol–water partition coefficient (Wildman–Crippen LogP) is 13.9. The second-order valence-electron chi connectivity index (χ2n) is 16.9. The number of amides is 1. The van der Waals surface area contributed by atoms with Gasteiger partial charge in [-0.05, 0) is 88.7 Å². The molecule has 7 aromatic rings. The summed E-state index contributed by atoms with van der Waals surface area (Å²) in [5.41, 5.74) is 11.0. The standard InChI is InChI=1S/C57H48ClNO7.C3H8/c1-62-44-33-34-49(53(35-44)63-2)55(59-56(61)65-36-50-47-21-11-9-19-45(47)46-20-10-12-22-48(46)50)40-27-31-43(32-28-40)64-37-54(60)66-57(41-17-7-4-8-18-41,51-23-13-14-24-52(51)58)42-29-25-39(26-30-42)38-15-5-3-6-16-38;1-3-2/h3-4,7-14,16-35,38,50,55H,5,15,36-37H2,1-2H3,(H,59,61);3H2,1-2H3. The number of rotatable bonds is 15. The maximum atomic E-state index is 14.2. The lowest BCUT2D eigenvalue weighted by Crippen LogP contribution is -2.37. The summed E-state index contributed by atoms with van der Waals surface area (Å²) in [5.74, 6) is 1.06. The summed E-state index contributed by atoms with van der Waals surface area (Å²) in [5, 5.41) is 3.54. The van der Waals surface area contributed by atoms with E-state index in [0.29, 0.717) is 39.0 Å². The van der Waals surface area contributed by atoms with Crippen LogP contribution in [0.5, 0.6) is 17.2 Å². The van der Waals surface area contributed by atoms with Crippen molar-refractivity contribution in [1.82, 2.24) is 5.32 Å². The molecule has 0 bridgehead atoms. The fourth-order valence-electron chi connectivity index (χ4n) is 9.17. The van der Waals surface area contributed by atoms with Crippen molar-refractivity contribution in [3.05, 3.63) is 237 Å². The molecular formula is C60H56ClNO7. The van der Waals surface area contributed by atoms with Gasteiger partial charge in [0.05, 0.1) is 20.3 Å². The average molecular weight is 939 g/mol. The molecule has 3 atom stereocenters. The van der Waals surface area contributed by atoms with Gasteiger partial charge in [-0.2, -0.15) is 0 Å². The molecule has 69 heavy (non-hydrogen) atoms. The van der Waals surface area contributed by atoms with Crippen molar-refractivity contribution in [2.45, 2.75) is 56.6 Å².